The average Bonchev–Trinajstić information content (AvgIpc) is 3.40. The summed E-state index contributed by atoms with van der Waals surface area (Å²) in [4.78, 5) is 120. The predicted octanol–water partition coefficient (Wildman–Crippen LogP) is -0.554. The number of hydrogen-bond donors (Lipinski definition) is 5. The standard InChI is InChI=1S/C16H27N3O5S2.C14H21N3O4S.C12H15N3O3.C2H6OS/c1-2-14(22)17-11-18(15(23)3-7-25-9-5-20)13-19(12-17)16(24)4-8-26-10-6-21;1-3-12(19)15-9-16(13(20)4-2)11-17(10-15)14(21)5-7-22-8-6-18;1-4-10(16)13-7-14(11(17)5-2)9-15(8-13)12(18)6-3;3-1-2-4/h2,20-21H,1,3-13H2;3-4,18H,1-2,5-11H2;4-6H,1-3,7-9H2;3-4H,1-2H2. The number of nitrogens with zero attached hydrogens (tertiary/aromatic N) is 9. The molecule has 0 saturated carbocycles. The van der Waals surface area contributed by atoms with Crippen LogP contribution in [0.2, 0.25) is 0 Å². The fourth-order valence-corrected chi connectivity index (χ4v) is 7.75. The van der Waals surface area contributed by atoms with E-state index in [-0.39, 0.29) is 159 Å². The first-order valence-electron chi connectivity index (χ1n) is 21.6. The molecular weight excluding hydrogens is 991 g/mol. The van der Waals surface area contributed by atoms with Gasteiger partial charge in [0, 0.05) is 59.5 Å². The molecule has 0 radical (unpaired) electrons. The van der Waals surface area contributed by atoms with Gasteiger partial charge in [0.05, 0.1) is 86.4 Å². The summed E-state index contributed by atoms with van der Waals surface area (Å²) in [7, 11) is 0. The van der Waals surface area contributed by atoms with Crippen molar-refractivity contribution in [2.24, 2.45) is 0 Å². The summed E-state index contributed by atoms with van der Waals surface area (Å²) in [6.45, 7) is 22.0. The van der Waals surface area contributed by atoms with Crippen LogP contribution < -0.4 is 0 Å². The van der Waals surface area contributed by atoms with E-state index in [1.54, 1.807) is 0 Å². The van der Waals surface area contributed by atoms with Crippen molar-refractivity contribution in [1.29, 1.82) is 0 Å². The topological polar surface area (TPSA) is 264 Å². The number of aliphatic hydroxyl groups excluding tert-OH is 4. The first kappa shape index (κ1) is 64.9. The van der Waals surface area contributed by atoms with E-state index >= 15 is 0 Å². The van der Waals surface area contributed by atoms with Crippen LogP contribution in [-0.4, -0.2) is 244 Å². The lowest BCUT2D eigenvalue weighted by Crippen LogP contribution is -2.59. The highest BCUT2D eigenvalue weighted by atomic mass is 32.2. The van der Waals surface area contributed by atoms with Crippen LogP contribution in [0.4, 0.5) is 0 Å². The van der Waals surface area contributed by atoms with E-state index in [0.717, 1.165) is 30.4 Å². The second kappa shape index (κ2) is 38.6. The van der Waals surface area contributed by atoms with E-state index in [2.05, 4.69) is 52.1 Å². The molecule has 0 aromatic carbocycles. The van der Waals surface area contributed by atoms with Crippen molar-refractivity contribution >= 4 is 101 Å². The fourth-order valence-electron chi connectivity index (χ4n) is 5.79. The van der Waals surface area contributed by atoms with E-state index in [1.165, 1.54) is 85.5 Å². The molecule has 22 nitrogen and oxygen atoms in total. The molecule has 4 N–H and O–H groups in total. The maximum absolute atomic E-state index is 12.4. The van der Waals surface area contributed by atoms with Crippen molar-refractivity contribution < 1.29 is 63.6 Å². The van der Waals surface area contributed by atoms with Crippen LogP contribution in [0.25, 0.3) is 0 Å². The monoisotopic (exact) mass is 1060 g/mol. The zero-order chi connectivity index (χ0) is 53.0. The molecule has 9 amide bonds. The van der Waals surface area contributed by atoms with Gasteiger partial charge >= 0.3 is 0 Å². The van der Waals surface area contributed by atoms with Gasteiger partial charge in [-0.3, -0.25) is 43.2 Å². The molecule has 0 atom stereocenters. The average molecular weight is 1060 g/mol. The van der Waals surface area contributed by atoms with Crippen molar-refractivity contribution in [2.45, 2.75) is 19.3 Å². The van der Waals surface area contributed by atoms with Crippen LogP contribution in [-0.2, 0) is 43.2 Å². The third-order valence-electron chi connectivity index (χ3n) is 9.24. The van der Waals surface area contributed by atoms with Crippen LogP contribution in [0.1, 0.15) is 19.3 Å². The SMILES string of the molecule is C=CC(=O)N1CN(C(=O)C=C)CN(C(=O)C=C)C1.C=CC(=O)N1CN(C(=O)C=C)CN(C(=O)CCSCCO)C1.C=CC(=O)N1CN(C(=O)CCSCCO)CN(C(=O)CCSCCO)C1.OCCS. The molecule has 0 unspecified atom stereocenters. The Bertz CT molecular complexity index is 1670. The quantitative estimate of drug-likeness (QED) is 0.0518. The minimum absolute atomic E-state index is 0.0702. The lowest BCUT2D eigenvalue weighted by atomic mass is 10.3. The summed E-state index contributed by atoms with van der Waals surface area (Å²) in [5, 5.41) is 34.0. The summed E-state index contributed by atoms with van der Waals surface area (Å²) in [5.41, 5.74) is 0. The van der Waals surface area contributed by atoms with Gasteiger partial charge in [0.2, 0.25) is 53.2 Å². The molecule has 0 aromatic heterocycles. The third-order valence-corrected chi connectivity index (χ3v) is 12.3. The smallest absolute Gasteiger partial charge is 0.248 e. The van der Waals surface area contributed by atoms with E-state index in [1.807, 2.05) is 0 Å². The van der Waals surface area contributed by atoms with Gasteiger partial charge in [-0.15, -0.1) is 0 Å². The van der Waals surface area contributed by atoms with Crippen molar-refractivity contribution in [3.63, 3.8) is 0 Å². The molecule has 3 rings (SSSR count). The first-order valence-corrected chi connectivity index (χ1v) is 25.7. The number of aliphatic hydroxyl groups is 4. The van der Waals surface area contributed by atoms with Crippen LogP contribution in [0.15, 0.2) is 75.9 Å². The van der Waals surface area contributed by atoms with Gasteiger partial charge in [0.25, 0.3) is 0 Å². The number of hydrogen-bond acceptors (Lipinski definition) is 17. The highest BCUT2D eigenvalue weighted by Gasteiger charge is 2.32. The number of thiol groups is 1. The Labute approximate surface area is 428 Å². The van der Waals surface area contributed by atoms with Gasteiger partial charge in [-0.25, -0.2) is 0 Å². The lowest BCUT2D eigenvalue weighted by Gasteiger charge is -2.42. The summed E-state index contributed by atoms with van der Waals surface area (Å²) in [5.74, 6) is 1.57. The van der Waals surface area contributed by atoms with Gasteiger partial charge in [0.15, 0.2) is 0 Å². The molecule has 3 heterocycles. The second-order valence-corrected chi connectivity index (χ2v) is 18.4. The van der Waals surface area contributed by atoms with Crippen LogP contribution >= 0.6 is 47.9 Å². The third kappa shape index (κ3) is 25.2. The van der Waals surface area contributed by atoms with Gasteiger partial charge < -0.3 is 64.5 Å². The van der Waals surface area contributed by atoms with E-state index in [4.69, 9.17) is 20.4 Å². The predicted molar refractivity (Wildman–Crippen MR) is 275 cm³/mol. The second-order valence-electron chi connectivity index (χ2n) is 14.3. The van der Waals surface area contributed by atoms with Crippen molar-refractivity contribution in [2.75, 3.05) is 127 Å². The van der Waals surface area contributed by atoms with Gasteiger partial charge in [0.1, 0.15) is 0 Å². The summed E-state index contributed by atoms with van der Waals surface area (Å²) in [6, 6.07) is 0. The molecule has 0 aliphatic carbocycles. The maximum Gasteiger partial charge on any atom is 0.248 e. The van der Waals surface area contributed by atoms with Crippen molar-refractivity contribution in [1.82, 2.24) is 44.1 Å². The molecule has 0 bridgehead atoms. The lowest BCUT2D eigenvalue weighted by molar-refractivity contribution is -0.157. The fraction of sp³-hybridized carbons (Fsp3) is 0.523. The van der Waals surface area contributed by atoms with Crippen LogP contribution in [0, 0.1) is 0 Å². The molecule has 3 saturated heterocycles. The Balaban J connectivity index is 0.000000994. The molecule has 70 heavy (non-hydrogen) atoms. The Morgan fingerprint density at radius 1 is 0.343 bits per heavy atom. The van der Waals surface area contributed by atoms with Crippen molar-refractivity contribution in [3.8, 4) is 0 Å². The molecular formula is C44H69N9O13S4. The molecule has 392 valence electrons. The Morgan fingerprint density at radius 2 is 0.514 bits per heavy atom. The highest BCUT2D eigenvalue weighted by molar-refractivity contribution is 7.99. The normalized spacial score (nSPS) is 14.3. The number of carbonyl (C=O) groups is 9. The number of rotatable bonds is 22. The van der Waals surface area contributed by atoms with Crippen LogP contribution in [0.3, 0.4) is 0 Å². The van der Waals surface area contributed by atoms with Gasteiger partial charge in [-0.05, 0) is 36.5 Å². The molecule has 0 aromatic rings. The Kier molecular flexibility index (Phi) is 35.8. The minimum Gasteiger partial charge on any atom is -0.396 e. The number of carbonyl (C=O) groups excluding carboxylic acids is 9. The molecule has 3 fully saturated rings. The van der Waals surface area contributed by atoms with E-state index in [0.29, 0.717) is 40.3 Å². The first-order chi connectivity index (χ1) is 33.5. The van der Waals surface area contributed by atoms with Gasteiger partial charge in [-0.1, -0.05) is 39.5 Å². The van der Waals surface area contributed by atoms with E-state index < -0.39 is 0 Å². The van der Waals surface area contributed by atoms with Crippen molar-refractivity contribution in [3.05, 3.63) is 75.9 Å². The van der Waals surface area contributed by atoms with Gasteiger partial charge in [-0.2, -0.15) is 47.9 Å². The number of thioether (sulfide) groups is 3. The summed E-state index contributed by atoms with van der Waals surface area (Å²) in [6.07, 6.45) is 7.75. The molecule has 3 aliphatic rings. The highest BCUT2D eigenvalue weighted by Crippen LogP contribution is 2.16. The molecule has 26 heteroatoms. The minimum atomic E-state index is -0.349. The zero-order valence-corrected chi connectivity index (χ0v) is 43.0. The Hall–Kier alpha value is -5.09. The number of amides is 9. The zero-order valence-electron chi connectivity index (χ0n) is 39.6. The summed E-state index contributed by atoms with van der Waals surface area (Å²) >= 11 is 8.11. The largest absolute Gasteiger partial charge is 0.396 e. The van der Waals surface area contributed by atoms with Crippen LogP contribution in [0.5, 0.6) is 0 Å². The summed E-state index contributed by atoms with van der Waals surface area (Å²) < 4.78 is 0. The van der Waals surface area contributed by atoms with E-state index in [9.17, 15) is 43.2 Å². The molecule has 3 aliphatic heterocycles. The Morgan fingerprint density at radius 3 is 0.671 bits per heavy atom. The maximum atomic E-state index is 12.4. The molecule has 0 spiro atoms.